The molecule has 1 N–H and O–H groups in total. The van der Waals surface area contributed by atoms with E-state index in [1.165, 1.54) is 0 Å². The van der Waals surface area contributed by atoms with Gasteiger partial charge in [0.25, 0.3) is 0 Å². The number of likely N-dealkylation sites (tertiary alicyclic amines) is 1. The maximum absolute atomic E-state index is 12.1. The number of hydrogen-bond acceptors (Lipinski definition) is 3. The van der Waals surface area contributed by atoms with Crippen molar-refractivity contribution in [3.63, 3.8) is 0 Å². The van der Waals surface area contributed by atoms with Crippen molar-refractivity contribution in [2.45, 2.75) is 26.2 Å². The third-order valence-corrected chi connectivity index (χ3v) is 3.74. The Morgan fingerprint density at radius 2 is 2.15 bits per heavy atom. The van der Waals surface area contributed by atoms with Gasteiger partial charge in [-0.05, 0) is 58.0 Å². The van der Waals surface area contributed by atoms with Crippen LogP contribution in [0.5, 0.6) is 5.75 Å². The molecule has 1 aromatic carbocycles. The van der Waals surface area contributed by atoms with Gasteiger partial charge in [0.15, 0.2) is 0 Å². The van der Waals surface area contributed by atoms with Gasteiger partial charge in [0.05, 0.1) is 6.61 Å². The molecule has 0 radical (unpaired) electrons. The minimum atomic E-state index is 0.105. The Hall–Kier alpha value is -1.55. The van der Waals surface area contributed by atoms with Gasteiger partial charge in [-0.15, -0.1) is 0 Å². The zero-order chi connectivity index (χ0) is 14.4. The predicted octanol–water partition coefficient (Wildman–Crippen LogP) is 2.76. The first-order valence-electron chi connectivity index (χ1n) is 7.38. The van der Waals surface area contributed by atoms with Gasteiger partial charge in [-0.25, -0.2) is 0 Å². The van der Waals surface area contributed by atoms with Crippen LogP contribution in [0.15, 0.2) is 24.3 Å². The predicted molar refractivity (Wildman–Crippen MR) is 81.1 cm³/mol. The van der Waals surface area contributed by atoms with E-state index in [4.69, 9.17) is 4.74 Å². The third kappa shape index (κ3) is 4.53. The number of anilines is 1. The summed E-state index contributed by atoms with van der Waals surface area (Å²) in [6.07, 6.45) is 2.85. The summed E-state index contributed by atoms with van der Waals surface area (Å²) in [5, 5.41) is 2.97. The molecule has 0 aromatic heterocycles. The molecule has 4 heteroatoms. The molecular weight excluding hydrogens is 252 g/mol. The van der Waals surface area contributed by atoms with Crippen molar-refractivity contribution < 1.29 is 9.53 Å². The lowest BCUT2D eigenvalue weighted by Crippen LogP contribution is -2.31. The fourth-order valence-electron chi connectivity index (χ4n) is 2.57. The van der Waals surface area contributed by atoms with Gasteiger partial charge in [-0.3, -0.25) is 4.79 Å². The number of hydrogen-bond donors (Lipinski definition) is 1. The zero-order valence-corrected chi connectivity index (χ0v) is 12.4. The second kappa shape index (κ2) is 7.29. The van der Waals surface area contributed by atoms with Crippen molar-refractivity contribution in [1.82, 2.24) is 4.90 Å². The second-order valence-corrected chi connectivity index (χ2v) is 5.46. The monoisotopic (exact) mass is 276 g/mol. The van der Waals surface area contributed by atoms with Gasteiger partial charge in [-0.1, -0.05) is 6.07 Å². The molecule has 1 aromatic rings. The minimum absolute atomic E-state index is 0.105. The highest BCUT2D eigenvalue weighted by Gasteiger charge is 2.19. The van der Waals surface area contributed by atoms with Crippen LogP contribution in [0, 0.1) is 5.92 Å². The molecule has 1 aliphatic heterocycles. The molecule has 0 atom stereocenters. The summed E-state index contributed by atoms with van der Waals surface area (Å²) in [6, 6.07) is 7.57. The maximum Gasteiger partial charge on any atom is 0.224 e. The average molecular weight is 276 g/mol. The SMILES string of the molecule is CCOc1cccc(NC(=O)CC2CCN(C)CC2)c1. The summed E-state index contributed by atoms with van der Waals surface area (Å²) in [6.45, 7) is 4.77. The Morgan fingerprint density at radius 1 is 1.40 bits per heavy atom. The Kier molecular flexibility index (Phi) is 5.41. The summed E-state index contributed by atoms with van der Waals surface area (Å²) >= 11 is 0. The lowest BCUT2D eigenvalue weighted by atomic mass is 9.93. The molecule has 1 heterocycles. The summed E-state index contributed by atoms with van der Waals surface area (Å²) in [4.78, 5) is 14.4. The molecule has 110 valence electrons. The van der Waals surface area contributed by atoms with Crippen molar-refractivity contribution >= 4 is 11.6 Å². The van der Waals surface area contributed by atoms with Gasteiger partial charge in [-0.2, -0.15) is 0 Å². The molecule has 0 saturated carbocycles. The van der Waals surface area contributed by atoms with E-state index >= 15 is 0 Å². The quantitative estimate of drug-likeness (QED) is 0.899. The zero-order valence-electron chi connectivity index (χ0n) is 12.4. The number of nitrogens with one attached hydrogen (secondary N) is 1. The first kappa shape index (κ1) is 14.9. The molecule has 0 spiro atoms. The fourth-order valence-corrected chi connectivity index (χ4v) is 2.57. The Labute approximate surface area is 121 Å². The summed E-state index contributed by atoms with van der Waals surface area (Å²) in [5.74, 6) is 1.42. The number of ether oxygens (including phenoxy) is 1. The van der Waals surface area contributed by atoms with Gasteiger partial charge < -0.3 is 15.0 Å². The molecule has 4 nitrogen and oxygen atoms in total. The summed E-state index contributed by atoms with van der Waals surface area (Å²) in [5.41, 5.74) is 0.814. The number of rotatable bonds is 5. The number of benzene rings is 1. The van der Waals surface area contributed by atoms with E-state index in [-0.39, 0.29) is 5.91 Å². The number of amides is 1. The maximum atomic E-state index is 12.1. The highest BCUT2D eigenvalue weighted by atomic mass is 16.5. The van der Waals surface area contributed by atoms with E-state index in [2.05, 4.69) is 17.3 Å². The van der Waals surface area contributed by atoms with Crippen molar-refractivity contribution in [3.05, 3.63) is 24.3 Å². The van der Waals surface area contributed by atoms with E-state index in [1.807, 2.05) is 31.2 Å². The van der Waals surface area contributed by atoms with Crippen LogP contribution in [-0.2, 0) is 4.79 Å². The molecule has 20 heavy (non-hydrogen) atoms. The molecule has 0 unspecified atom stereocenters. The van der Waals surface area contributed by atoms with Crippen molar-refractivity contribution in [3.8, 4) is 5.75 Å². The lowest BCUT2D eigenvalue weighted by Gasteiger charge is -2.28. The Morgan fingerprint density at radius 3 is 2.85 bits per heavy atom. The topological polar surface area (TPSA) is 41.6 Å². The van der Waals surface area contributed by atoms with E-state index < -0.39 is 0 Å². The number of nitrogens with zero attached hydrogens (tertiary/aromatic N) is 1. The molecular formula is C16H24N2O2. The molecule has 1 fully saturated rings. The van der Waals surface area contributed by atoms with Crippen LogP contribution in [0.3, 0.4) is 0 Å². The normalized spacial score (nSPS) is 16.9. The van der Waals surface area contributed by atoms with Gasteiger partial charge in [0.2, 0.25) is 5.91 Å². The second-order valence-electron chi connectivity index (χ2n) is 5.46. The van der Waals surface area contributed by atoms with E-state index in [0.29, 0.717) is 18.9 Å². The van der Waals surface area contributed by atoms with Gasteiger partial charge in [0, 0.05) is 18.2 Å². The largest absolute Gasteiger partial charge is 0.494 e. The molecule has 1 saturated heterocycles. The van der Waals surface area contributed by atoms with Crippen molar-refractivity contribution in [2.24, 2.45) is 5.92 Å². The van der Waals surface area contributed by atoms with Crippen molar-refractivity contribution in [2.75, 3.05) is 32.1 Å². The number of carbonyl (C=O) groups is 1. The van der Waals surface area contributed by atoms with Crippen LogP contribution in [-0.4, -0.2) is 37.6 Å². The average Bonchev–Trinajstić information content (AvgIpc) is 2.42. The summed E-state index contributed by atoms with van der Waals surface area (Å²) < 4.78 is 5.43. The first-order valence-corrected chi connectivity index (χ1v) is 7.38. The van der Waals surface area contributed by atoms with E-state index in [0.717, 1.165) is 37.4 Å². The molecule has 1 amide bonds. The highest BCUT2D eigenvalue weighted by molar-refractivity contribution is 5.91. The molecule has 2 rings (SSSR count). The smallest absolute Gasteiger partial charge is 0.224 e. The van der Waals surface area contributed by atoms with Crippen LogP contribution >= 0.6 is 0 Å². The standard InChI is InChI=1S/C16H24N2O2/c1-3-20-15-6-4-5-14(12-15)17-16(19)11-13-7-9-18(2)10-8-13/h4-6,12-13H,3,7-11H2,1-2H3,(H,17,19). The van der Waals surface area contributed by atoms with E-state index in [1.54, 1.807) is 0 Å². The van der Waals surface area contributed by atoms with Crippen molar-refractivity contribution in [1.29, 1.82) is 0 Å². The molecule has 0 aliphatic carbocycles. The van der Waals surface area contributed by atoms with Crippen LogP contribution < -0.4 is 10.1 Å². The van der Waals surface area contributed by atoms with Crippen LogP contribution in [0.4, 0.5) is 5.69 Å². The fraction of sp³-hybridized carbons (Fsp3) is 0.562. The molecule has 1 aliphatic rings. The van der Waals surface area contributed by atoms with Gasteiger partial charge >= 0.3 is 0 Å². The third-order valence-electron chi connectivity index (χ3n) is 3.74. The lowest BCUT2D eigenvalue weighted by molar-refractivity contribution is -0.117. The Balaban J connectivity index is 1.83. The van der Waals surface area contributed by atoms with Crippen LogP contribution in [0.2, 0.25) is 0 Å². The highest BCUT2D eigenvalue weighted by Crippen LogP contribution is 2.21. The Bertz CT molecular complexity index is 440. The van der Waals surface area contributed by atoms with Gasteiger partial charge in [0.1, 0.15) is 5.75 Å². The number of carbonyl (C=O) groups excluding carboxylic acids is 1. The minimum Gasteiger partial charge on any atom is -0.494 e. The summed E-state index contributed by atoms with van der Waals surface area (Å²) in [7, 11) is 2.13. The first-order chi connectivity index (χ1) is 9.67. The van der Waals surface area contributed by atoms with Crippen LogP contribution in [0.25, 0.3) is 0 Å². The molecule has 0 bridgehead atoms. The number of piperidine rings is 1. The van der Waals surface area contributed by atoms with Crippen LogP contribution in [0.1, 0.15) is 26.2 Å². The van der Waals surface area contributed by atoms with E-state index in [9.17, 15) is 4.79 Å².